The first kappa shape index (κ1) is 16.0. The van der Waals surface area contributed by atoms with Crippen LogP contribution in [-0.4, -0.2) is 36.6 Å². The highest BCUT2D eigenvalue weighted by Crippen LogP contribution is 2.28. The number of aliphatic hydroxyl groups excluding tert-OH is 1. The summed E-state index contributed by atoms with van der Waals surface area (Å²) in [4.78, 5) is 11.1. The molecule has 1 amide bonds. The average Bonchev–Trinajstić information content (AvgIpc) is 2.24. The Morgan fingerprint density at radius 1 is 1.47 bits per heavy atom. The highest BCUT2D eigenvalue weighted by molar-refractivity contribution is 5.67. The van der Waals surface area contributed by atoms with Crippen molar-refractivity contribution in [3.63, 3.8) is 0 Å². The lowest BCUT2D eigenvalue weighted by atomic mass is 10.0. The fourth-order valence-corrected chi connectivity index (χ4v) is 1.06. The number of hydrogen-bond donors (Lipinski definition) is 2. The standard InChI is InChI=1S/C10H18F3NO3/c1-3-4-5-17-9(16)14-8(6-15)7(2)10(11,12)13/h7-8,15H,3-6H2,1-2H3,(H,14,16)/t7-,8+/m1/s1. The molecule has 0 unspecified atom stereocenters. The monoisotopic (exact) mass is 257 g/mol. The Balaban J connectivity index is 4.17. The van der Waals surface area contributed by atoms with E-state index in [1.807, 2.05) is 12.2 Å². The molecule has 0 aromatic rings. The van der Waals surface area contributed by atoms with Gasteiger partial charge < -0.3 is 15.2 Å². The molecular weight excluding hydrogens is 239 g/mol. The second-order valence-corrected chi connectivity index (χ2v) is 3.75. The molecule has 0 fully saturated rings. The molecule has 7 heteroatoms. The lowest BCUT2D eigenvalue weighted by Crippen LogP contribution is -2.47. The molecule has 0 radical (unpaired) electrons. The third-order valence-corrected chi connectivity index (χ3v) is 2.35. The van der Waals surface area contributed by atoms with Crippen molar-refractivity contribution in [2.24, 2.45) is 5.92 Å². The molecule has 0 spiro atoms. The van der Waals surface area contributed by atoms with E-state index in [0.717, 1.165) is 13.3 Å². The molecule has 0 aliphatic heterocycles. The Bertz CT molecular complexity index is 233. The van der Waals surface area contributed by atoms with Gasteiger partial charge in [0.2, 0.25) is 0 Å². The number of hydrogen-bond acceptors (Lipinski definition) is 3. The number of aliphatic hydroxyl groups is 1. The van der Waals surface area contributed by atoms with Crippen LogP contribution >= 0.6 is 0 Å². The summed E-state index contributed by atoms with van der Waals surface area (Å²) in [7, 11) is 0. The molecule has 0 saturated heterocycles. The smallest absolute Gasteiger partial charge is 0.407 e. The molecule has 0 aromatic carbocycles. The van der Waals surface area contributed by atoms with Crippen molar-refractivity contribution in [2.45, 2.75) is 38.9 Å². The van der Waals surface area contributed by atoms with Crippen LogP contribution in [0.2, 0.25) is 0 Å². The maximum absolute atomic E-state index is 12.3. The molecule has 102 valence electrons. The summed E-state index contributed by atoms with van der Waals surface area (Å²) < 4.78 is 41.7. The predicted octanol–water partition coefficient (Wildman–Crippen LogP) is 2.07. The zero-order valence-electron chi connectivity index (χ0n) is 9.88. The minimum absolute atomic E-state index is 0.154. The van der Waals surface area contributed by atoms with E-state index >= 15 is 0 Å². The first-order valence-corrected chi connectivity index (χ1v) is 5.43. The van der Waals surface area contributed by atoms with Crippen molar-refractivity contribution in [1.82, 2.24) is 5.32 Å². The van der Waals surface area contributed by atoms with Gasteiger partial charge in [0.1, 0.15) is 0 Å². The molecule has 2 N–H and O–H groups in total. The van der Waals surface area contributed by atoms with Gasteiger partial charge in [-0.05, 0) is 6.42 Å². The van der Waals surface area contributed by atoms with Crippen LogP contribution in [0, 0.1) is 5.92 Å². The van der Waals surface area contributed by atoms with E-state index in [2.05, 4.69) is 4.74 Å². The average molecular weight is 257 g/mol. The predicted molar refractivity (Wildman–Crippen MR) is 55.5 cm³/mol. The molecule has 4 nitrogen and oxygen atoms in total. The Kier molecular flexibility index (Phi) is 6.94. The van der Waals surface area contributed by atoms with Crippen LogP contribution in [0.4, 0.5) is 18.0 Å². The summed E-state index contributed by atoms with van der Waals surface area (Å²) in [5, 5.41) is 10.8. The molecular formula is C10H18F3NO3. The highest BCUT2D eigenvalue weighted by atomic mass is 19.4. The van der Waals surface area contributed by atoms with Gasteiger partial charge >= 0.3 is 12.3 Å². The molecule has 0 heterocycles. The van der Waals surface area contributed by atoms with Crippen molar-refractivity contribution in [3.05, 3.63) is 0 Å². The number of carbonyl (C=O) groups excluding carboxylic acids is 1. The number of alkyl carbamates (subject to hydrolysis) is 1. The molecule has 0 aromatic heterocycles. The first-order chi connectivity index (χ1) is 7.82. The lowest BCUT2D eigenvalue weighted by Gasteiger charge is -2.24. The molecule has 17 heavy (non-hydrogen) atoms. The highest BCUT2D eigenvalue weighted by Gasteiger charge is 2.41. The van der Waals surface area contributed by atoms with Crippen molar-refractivity contribution < 1.29 is 27.8 Å². The summed E-state index contributed by atoms with van der Waals surface area (Å²) in [5.41, 5.74) is 0. The Morgan fingerprint density at radius 3 is 2.47 bits per heavy atom. The molecule has 0 aliphatic carbocycles. The molecule has 0 bridgehead atoms. The number of carbonyl (C=O) groups is 1. The van der Waals surface area contributed by atoms with Gasteiger partial charge in [-0.25, -0.2) is 4.79 Å². The van der Waals surface area contributed by atoms with Crippen molar-refractivity contribution in [1.29, 1.82) is 0 Å². The van der Waals surface area contributed by atoms with E-state index in [1.165, 1.54) is 0 Å². The number of ether oxygens (including phenoxy) is 1. The van der Waals surface area contributed by atoms with E-state index in [1.54, 1.807) is 0 Å². The SMILES string of the molecule is CCCCOC(=O)N[C@@H](CO)[C@@H](C)C(F)(F)F. The Labute approximate surface area is 98.1 Å². The van der Waals surface area contributed by atoms with E-state index in [4.69, 9.17) is 5.11 Å². The van der Waals surface area contributed by atoms with Crippen molar-refractivity contribution in [2.75, 3.05) is 13.2 Å². The number of nitrogens with one attached hydrogen (secondary N) is 1. The van der Waals surface area contributed by atoms with Gasteiger partial charge in [-0.2, -0.15) is 13.2 Å². The Hall–Kier alpha value is -0.980. The van der Waals surface area contributed by atoms with E-state index in [0.29, 0.717) is 6.42 Å². The summed E-state index contributed by atoms with van der Waals surface area (Å²) in [6.07, 6.45) is -3.94. The van der Waals surface area contributed by atoms with E-state index < -0.39 is 30.8 Å². The largest absolute Gasteiger partial charge is 0.450 e. The van der Waals surface area contributed by atoms with Gasteiger partial charge in [-0.3, -0.25) is 0 Å². The summed E-state index contributed by atoms with van der Waals surface area (Å²) in [6, 6.07) is -1.39. The van der Waals surface area contributed by atoms with Crippen LogP contribution in [0.15, 0.2) is 0 Å². The fraction of sp³-hybridized carbons (Fsp3) is 0.900. The maximum atomic E-state index is 12.3. The minimum atomic E-state index is -4.47. The normalized spacial score (nSPS) is 15.2. The third-order valence-electron chi connectivity index (χ3n) is 2.35. The summed E-state index contributed by atoms with van der Waals surface area (Å²) in [6.45, 7) is 2.15. The van der Waals surface area contributed by atoms with Gasteiger partial charge in [0.05, 0.1) is 25.2 Å². The second-order valence-electron chi connectivity index (χ2n) is 3.75. The van der Waals surface area contributed by atoms with Gasteiger partial charge in [0, 0.05) is 0 Å². The lowest BCUT2D eigenvalue weighted by molar-refractivity contribution is -0.179. The Morgan fingerprint density at radius 2 is 2.06 bits per heavy atom. The molecule has 0 aliphatic rings. The topological polar surface area (TPSA) is 58.6 Å². The molecule has 2 atom stereocenters. The second kappa shape index (κ2) is 7.37. The van der Waals surface area contributed by atoms with Gasteiger partial charge in [-0.15, -0.1) is 0 Å². The van der Waals surface area contributed by atoms with Crippen LogP contribution in [0.25, 0.3) is 0 Å². The number of amides is 1. The van der Waals surface area contributed by atoms with Crippen LogP contribution in [-0.2, 0) is 4.74 Å². The maximum Gasteiger partial charge on any atom is 0.407 e. The van der Waals surface area contributed by atoms with E-state index in [9.17, 15) is 18.0 Å². The molecule has 0 saturated carbocycles. The quantitative estimate of drug-likeness (QED) is 0.716. The van der Waals surface area contributed by atoms with Crippen molar-refractivity contribution in [3.8, 4) is 0 Å². The number of alkyl halides is 3. The van der Waals surface area contributed by atoms with Gasteiger partial charge in [0.25, 0.3) is 0 Å². The minimum Gasteiger partial charge on any atom is -0.450 e. The first-order valence-electron chi connectivity index (χ1n) is 5.43. The van der Waals surface area contributed by atoms with E-state index in [-0.39, 0.29) is 6.61 Å². The third kappa shape index (κ3) is 6.35. The fourth-order valence-electron chi connectivity index (χ4n) is 1.06. The zero-order valence-corrected chi connectivity index (χ0v) is 9.88. The number of rotatable bonds is 6. The van der Waals surface area contributed by atoms with Crippen LogP contribution in [0.1, 0.15) is 26.7 Å². The van der Waals surface area contributed by atoms with Crippen LogP contribution < -0.4 is 5.32 Å². The van der Waals surface area contributed by atoms with Crippen LogP contribution in [0.3, 0.4) is 0 Å². The summed E-state index contributed by atoms with van der Waals surface area (Å²) >= 11 is 0. The molecule has 0 rings (SSSR count). The number of unbranched alkanes of at least 4 members (excludes halogenated alkanes) is 1. The summed E-state index contributed by atoms with van der Waals surface area (Å²) in [5.74, 6) is -1.83. The zero-order chi connectivity index (χ0) is 13.5. The van der Waals surface area contributed by atoms with Crippen molar-refractivity contribution >= 4 is 6.09 Å². The van der Waals surface area contributed by atoms with Crippen LogP contribution in [0.5, 0.6) is 0 Å². The number of halogens is 3. The van der Waals surface area contributed by atoms with Gasteiger partial charge in [-0.1, -0.05) is 20.3 Å². The van der Waals surface area contributed by atoms with Gasteiger partial charge in [0.15, 0.2) is 0 Å².